The molecule has 0 saturated heterocycles. The summed E-state index contributed by atoms with van der Waals surface area (Å²) in [6.45, 7) is 0. The Morgan fingerprint density at radius 1 is 1.00 bits per heavy atom. The third kappa shape index (κ3) is 11900. The van der Waals surface area contributed by atoms with Gasteiger partial charge in [-0.3, -0.25) is 18.5 Å². The first-order valence-corrected chi connectivity index (χ1v) is 2.87. The molecule has 0 spiro atoms. The molecule has 0 aromatic heterocycles. The van der Waals surface area contributed by atoms with E-state index in [0.29, 0.717) is 0 Å². The second-order valence-electron chi connectivity index (χ2n) is 0.794. The predicted molar refractivity (Wildman–Crippen MR) is 32.7 cm³/mol. The molecular weight excluding hydrogens is 200 g/mol. The molecule has 5 N–H and O–H groups in total. The second kappa shape index (κ2) is 13.8. The van der Waals surface area contributed by atoms with Crippen LogP contribution >= 0.6 is 0 Å². The molecule has 0 aromatic rings. The summed E-state index contributed by atoms with van der Waals surface area (Å²) in [5, 5.41) is 21.5. The molecule has 0 saturated carbocycles. The van der Waals surface area contributed by atoms with Crippen molar-refractivity contribution in [3.63, 3.8) is 0 Å². The zero-order valence-corrected chi connectivity index (χ0v) is 6.67. The molecule has 0 amide bonds. The number of rotatable bonds is 0. The Balaban J connectivity index is -0.0000000146. The fraction of sp³-hybridized carbons (Fsp3) is 0. The van der Waals surface area contributed by atoms with Crippen molar-refractivity contribution in [3.05, 3.63) is 0 Å². The van der Waals surface area contributed by atoms with Gasteiger partial charge in [-0.2, -0.15) is 8.42 Å². The van der Waals surface area contributed by atoms with Crippen LogP contribution in [-0.2, 0) is 10.4 Å². The van der Waals surface area contributed by atoms with Crippen molar-refractivity contribution < 1.29 is 62.3 Å². The van der Waals surface area contributed by atoms with Gasteiger partial charge in [0.25, 0.3) is 0 Å². The minimum atomic E-state index is -4.67. The molecule has 0 bridgehead atoms. The summed E-state index contributed by atoms with van der Waals surface area (Å²) in [5.41, 5.74) is 0. The van der Waals surface area contributed by atoms with Crippen molar-refractivity contribution in [2.24, 2.45) is 0 Å². The van der Waals surface area contributed by atoms with E-state index in [1.807, 2.05) is 0 Å². The van der Waals surface area contributed by atoms with E-state index < -0.39 is 17.7 Å². The van der Waals surface area contributed by atoms with Crippen LogP contribution in [0.2, 0.25) is 0 Å². The van der Waals surface area contributed by atoms with Gasteiger partial charge in [-0.25, -0.2) is 0 Å². The monoisotopic (exact) mass is 208 g/mol. The van der Waals surface area contributed by atoms with Crippen LogP contribution < -0.4 is 18.9 Å². The van der Waals surface area contributed by atoms with Crippen LogP contribution in [-0.4, -0.2) is 39.9 Å². The topological polar surface area (TPSA) is 135 Å². The van der Waals surface area contributed by atoms with E-state index in [-0.39, 0.29) is 29.7 Å². The van der Waals surface area contributed by atoms with Gasteiger partial charge in [0.05, 0.1) is 0 Å². The molecule has 0 atom stereocenters. The average molecular weight is 208 g/mol. The molecule has 0 aliphatic heterocycles. The van der Waals surface area contributed by atoms with Crippen LogP contribution in [0.4, 0.5) is 9.41 Å². The van der Waals surface area contributed by atoms with E-state index in [4.69, 9.17) is 32.6 Å². The van der Waals surface area contributed by atoms with Crippen LogP contribution in [0.5, 0.6) is 0 Å². The molecule has 12 heavy (non-hydrogen) atoms. The van der Waals surface area contributed by atoms with Crippen LogP contribution in [0.25, 0.3) is 0 Å². The molecule has 0 fully saturated rings. The third-order valence-electron chi connectivity index (χ3n) is 0. The van der Waals surface area contributed by atoms with Gasteiger partial charge in [-0.1, -0.05) is 0 Å². The molecule has 0 aliphatic carbocycles. The van der Waals surface area contributed by atoms with Crippen LogP contribution in [0.3, 0.4) is 0 Å². The smallest absolute Gasteiger partial charge is 1.00 e. The minimum absolute atomic E-state index is 0. The second-order valence-corrected chi connectivity index (χ2v) is 1.69. The summed E-state index contributed by atoms with van der Waals surface area (Å²) >= 11 is 0. The summed E-state index contributed by atoms with van der Waals surface area (Å²) in [5.74, 6) is 0. The molecule has 0 aliphatic rings. The van der Waals surface area contributed by atoms with Gasteiger partial charge < -0.3 is 16.5 Å². The molecule has 0 radical (unpaired) electrons. The maximum Gasteiger partial charge on any atom is 1.00 e. The SMILES string of the molecule is F.F.O=S(=O)(O)O.OB(O)O.[H-].[Li+]. The Morgan fingerprint density at radius 2 is 1.00 bits per heavy atom. The zero-order chi connectivity index (χ0) is 8.08. The molecule has 7 nitrogen and oxygen atoms in total. The van der Waals surface area contributed by atoms with E-state index in [2.05, 4.69) is 0 Å². The van der Waals surface area contributed by atoms with Gasteiger partial charge in [-0.05, 0) is 0 Å². The number of hydrogen-bond donors (Lipinski definition) is 5. The molecule has 0 rings (SSSR count). The fourth-order valence-electron chi connectivity index (χ4n) is 0. The van der Waals surface area contributed by atoms with Crippen molar-refractivity contribution in [3.8, 4) is 0 Å². The maximum atomic E-state index is 8.74. The summed E-state index contributed by atoms with van der Waals surface area (Å²) in [4.78, 5) is 0. The first-order chi connectivity index (χ1) is 3.73. The Kier molecular flexibility index (Phi) is 34.0. The summed E-state index contributed by atoms with van der Waals surface area (Å²) < 4.78 is 31.6. The van der Waals surface area contributed by atoms with E-state index in [9.17, 15) is 0 Å². The van der Waals surface area contributed by atoms with Crippen molar-refractivity contribution >= 4 is 17.7 Å². The summed E-state index contributed by atoms with van der Waals surface area (Å²) in [6.07, 6.45) is 0. The van der Waals surface area contributed by atoms with Crippen molar-refractivity contribution in [1.29, 1.82) is 0 Å². The molecule has 0 unspecified atom stereocenters. The Labute approximate surface area is 80.6 Å². The molecule has 74 valence electrons. The average Bonchev–Trinajstić information content (AvgIpc) is 1.19. The van der Waals surface area contributed by atoms with Crippen molar-refractivity contribution in [1.82, 2.24) is 0 Å². The first-order valence-electron chi connectivity index (χ1n) is 1.47. The first kappa shape index (κ1) is 29.5. The van der Waals surface area contributed by atoms with Crippen LogP contribution in [0.1, 0.15) is 1.43 Å². The van der Waals surface area contributed by atoms with Gasteiger partial charge in [0, 0.05) is 0 Å². The van der Waals surface area contributed by atoms with Crippen molar-refractivity contribution in [2.45, 2.75) is 0 Å². The number of hydrogen-bond acceptors (Lipinski definition) is 5. The fourth-order valence-corrected chi connectivity index (χ4v) is 0. The summed E-state index contributed by atoms with van der Waals surface area (Å²) in [6, 6.07) is 0. The van der Waals surface area contributed by atoms with Gasteiger partial charge in [0.15, 0.2) is 0 Å². The maximum absolute atomic E-state index is 8.74. The quantitative estimate of drug-likeness (QED) is 0.198. The van der Waals surface area contributed by atoms with E-state index in [1.165, 1.54) is 0 Å². The molecule has 12 heteroatoms. The van der Waals surface area contributed by atoms with Crippen LogP contribution in [0, 0.1) is 0 Å². The van der Waals surface area contributed by atoms with Crippen LogP contribution in [0.15, 0.2) is 0 Å². The van der Waals surface area contributed by atoms with Gasteiger partial charge in [0.1, 0.15) is 0 Å². The van der Waals surface area contributed by atoms with E-state index in [1.54, 1.807) is 0 Å². The number of halogens is 2. The Bertz CT molecular complexity index is 138. The Hall–Kier alpha value is 0.272. The standard InChI is InChI=1S/BH3O3.2FH.Li.H2O4S.H/c2-1(3)4;;;;1-5(2,3)4;/h2-4H;2*1H;;(H2,1,2,3,4);/q;;;+1;;-1. The molecular formula is H8BF2LiO7S. The normalized spacial score (nSPS) is 7.08. The third-order valence-corrected chi connectivity index (χ3v) is 0. The zero-order valence-electron chi connectivity index (χ0n) is 6.85. The van der Waals surface area contributed by atoms with Gasteiger partial charge >= 0.3 is 36.6 Å². The van der Waals surface area contributed by atoms with Gasteiger partial charge in [0.2, 0.25) is 0 Å². The Morgan fingerprint density at radius 3 is 1.00 bits per heavy atom. The largest absolute Gasteiger partial charge is 1.00 e. The molecule has 0 aromatic carbocycles. The summed E-state index contributed by atoms with van der Waals surface area (Å²) in [7, 11) is -6.83. The van der Waals surface area contributed by atoms with E-state index in [0.717, 1.165) is 0 Å². The minimum Gasteiger partial charge on any atom is -1.00 e. The van der Waals surface area contributed by atoms with E-state index >= 15 is 0 Å². The van der Waals surface area contributed by atoms with Crippen molar-refractivity contribution in [2.75, 3.05) is 0 Å². The predicted octanol–water partition coefficient (Wildman–Crippen LogP) is -5.28. The molecule has 0 heterocycles. The van der Waals surface area contributed by atoms with Gasteiger partial charge in [-0.15, -0.1) is 0 Å².